The predicted octanol–water partition coefficient (Wildman–Crippen LogP) is 4.09. The molecule has 2 nitrogen and oxygen atoms in total. The van der Waals surface area contributed by atoms with Crippen molar-refractivity contribution in [2.24, 2.45) is 0 Å². The molecular weight excluding hydrogens is 306 g/mol. The summed E-state index contributed by atoms with van der Waals surface area (Å²) < 4.78 is 27.9. The first kappa shape index (κ1) is 12.7. The van der Waals surface area contributed by atoms with E-state index in [1.54, 1.807) is 0 Å². The summed E-state index contributed by atoms with van der Waals surface area (Å²) in [7, 11) is 0. The smallest absolute Gasteiger partial charge is 0.335 e. The minimum absolute atomic E-state index is 0.0185. The van der Waals surface area contributed by atoms with Gasteiger partial charge in [-0.15, -0.1) is 0 Å². The van der Waals surface area contributed by atoms with E-state index in [-0.39, 0.29) is 16.7 Å². The fourth-order valence-electron chi connectivity index (χ4n) is 1.57. The van der Waals surface area contributed by atoms with Gasteiger partial charge in [0.15, 0.2) is 0 Å². The third-order valence-electron chi connectivity index (χ3n) is 2.43. The van der Waals surface area contributed by atoms with Gasteiger partial charge >= 0.3 is 5.97 Å². The van der Waals surface area contributed by atoms with Crippen LogP contribution in [0.2, 0.25) is 0 Å². The zero-order valence-corrected chi connectivity index (χ0v) is 10.5. The molecule has 2 aromatic rings. The summed E-state index contributed by atoms with van der Waals surface area (Å²) in [4.78, 5) is 10.8. The van der Waals surface area contributed by atoms with Crippen molar-refractivity contribution in [3.05, 3.63) is 58.1 Å². The van der Waals surface area contributed by atoms with Gasteiger partial charge < -0.3 is 5.11 Å². The van der Waals surface area contributed by atoms with E-state index in [4.69, 9.17) is 5.11 Å². The lowest BCUT2D eigenvalue weighted by Crippen LogP contribution is -1.98. The normalized spacial score (nSPS) is 10.4. The Hall–Kier alpha value is -1.75. The van der Waals surface area contributed by atoms with E-state index in [2.05, 4.69) is 15.9 Å². The van der Waals surface area contributed by atoms with Crippen molar-refractivity contribution in [2.45, 2.75) is 0 Å². The second kappa shape index (κ2) is 4.86. The van der Waals surface area contributed by atoms with Crippen LogP contribution >= 0.6 is 15.9 Å². The maximum absolute atomic E-state index is 13.7. The topological polar surface area (TPSA) is 37.3 Å². The van der Waals surface area contributed by atoms with E-state index < -0.39 is 17.6 Å². The molecule has 18 heavy (non-hydrogen) atoms. The van der Waals surface area contributed by atoms with Gasteiger partial charge in [0.05, 0.1) is 5.56 Å². The maximum atomic E-state index is 13.7. The Morgan fingerprint density at radius 2 is 1.56 bits per heavy atom. The van der Waals surface area contributed by atoms with Crippen LogP contribution in [-0.4, -0.2) is 11.1 Å². The molecular formula is C13H7BrF2O2. The molecule has 0 saturated heterocycles. The summed E-state index contributed by atoms with van der Waals surface area (Å²) in [6, 6.07) is 7.34. The molecule has 5 heteroatoms. The maximum Gasteiger partial charge on any atom is 0.335 e. The van der Waals surface area contributed by atoms with Gasteiger partial charge in [-0.3, -0.25) is 0 Å². The highest BCUT2D eigenvalue weighted by molar-refractivity contribution is 9.10. The van der Waals surface area contributed by atoms with Crippen molar-refractivity contribution >= 4 is 21.9 Å². The van der Waals surface area contributed by atoms with Crippen LogP contribution in [0.4, 0.5) is 8.78 Å². The van der Waals surface area contributed by atoms with Gasteiger partial charge in [-0.25, -0.2) is 13.6 Å². The molecule has 0 aliphatic carbocycles. The minimum Gasteiger partial charge on any atom is -0.478 e. The molecule has 1 N–H and O–H groups in total. The monoisotopic (exact) mass is 312 g/mol. The molecule has 0 aromatic heterocycles. The average molecular weight is 313 g/mol. The first-order valence-corrected chi connectivity index (χ1v) is 5.76. The van der Waals surface area contributed by atoms with Crippen LogP contribution in [0.25, 0.3) is 11.1 Å². The van der Waals surface area contributed by atoms with Gasteiger partial charge in [0, 0.05) is 15.6 Å². The van der Waals surface area contributed by atoms with Crippen LogP contribution in [0.5, 0.6) is 0 Å². The Labute approximate surface area is 110 Å². The van der Waals surface area contributed by atoms with E-state index in [0.29, 0.717) is 4.47 Å². The van der Waals surface area contributed by atoms with E-state index in [1.165, 1.54) is 18.2 Å². The predicted molar refractivity (Wildman–Crippen MR) is 66.5 cm³/mol. The summed E-state index contributed by atoms with van der Waals surface area (Å²) in [5.74, 6) is -2.47. The van der Waals surface area contributed by atoms with Crippen molar-refractivity contribution in [1.82, 2.24) is 0 Å². The first-order valence-electron chi connectivity index (χ1n) is 4.97. The number of hydrogen-bond donors (Lipinski definition) is 1. The molecule has 0 radical (unpaired) electrons. The van der Waals surface area contributed by atoms with Crippen LogP contribution in [0.15, 0.2) is 40.9 Å². The Kier molecular flexibility index (Phi) is 3.43. The molecule has 0 heterocycles. The largest absolute Gasteiger partial charge is 0.478 e. The highest BCUT2D eigenvalue weighted by Crippen LogP contribution is 2.29. The number of carboxylic acids is 1. The molecule has 2 rings (SSSR count). The fraction of sp³-hybridized carbons (Fsp3) is 0. The molecule has 2 aromatic carbocycles. The number of hydrogen-bond acceptors (Lipinski definition) is 1. The van der Waals surface area contributed by atoms with Crippen LogP contribution in [0.3, 0.4) is 0 Å². The summed E-state index contributed by atoms with van der Waals surface area (Å²) >= 11 is 3.16. The molecule has 92 valence electrons. The third kappa shape index (κ3) is 2.41. The Bertz CT molecular complexity index is 626. The van der Waals surface area contributed by atoms with Crippen molar-refractivity contribution in [1.29, 1.82) is 0 Å². The van der Waals surface area contributed by atoms with Crippen molar-refractivity contribution in [3.8, 4) is 11.1 Å². The molecule has 0 atom stereocenters. The molecule has 0 aliphatic rings. The number of rotatable bonds is 2. The van der Waals surface area contributed by atoms with E-state index in [9.17, 15) is 13.6 Å². The van der Waals surface area contributed by atoms with E-state index in [1.807, 2.05) is 0 Å². The van der Waals surface area contributed by atoms with Gasteiger partial charge in [-0.2, -0.15) is 0 Å². The minimum atomic E-state index is -1.19. The highest BCUT2D eigenvalue weighted by atomic mass is 79.9. The Morgan fingerprint density at radius 3 is 2.17 bits per heavy atom. The number of carboxylic acid groups (broad SMARTS) is 1. The Morgan fingerprint density at radius 1 is 1.00 bits per heavy atom. The number of aromatic carboxylic acids is 1. The fourth-order valence-corrected chi connectivity index (χ4v) is 1.93. The summed E-state index contributed by atoms with van der Waals surface area (Å²) in [5.41, 5.74) is -0.149. The molecule has 0 unspecified atom stereocenters. The lowest BCUT2D eigenvalue weighted by molar-refractivity contribution is 0.0697. The van der Waals surface area contributed by atoms with Crippen molar-refractivity contribution in [2.75, 3.05) is 0 Å². The molecule has 0 amide bonds. The van der Waals surface area contributed by atoms with Crippen molar-refractivity contribution in [3.63, 3.8) is 0 Å². The number of halogens is 3. The van der Waals surface area contributed by atoms with Crippen LogP contribution in [-0.2, 0) is 0 Å². The van der Waals surface area contributed by atoms with E-state index >= 15 is 0 Å². The second-order valence-electron chi connectivity index (χ2n) is 3.62. The Balaban J connectivity index is 2.66. The molecule has 0 bridgehead atoms. The van der Waals surface area contributed by atoms with Gasteiger partial charge in [0.2, 0.25) is 0 Å². The van der Waals surface area contributed by atoms with Gasteiger partial charge in [0.1, 0.15) is 11.6 Å². The first-order chi connectivity index (χ1) is 8.49. The van der Waals surface area contributed by atoms with E-state index in [0.717, 1.165) is 18.2 Å². The van der Waals surface area contributed by atoms with Gasteiger partial charge in [0.25, 0.3) is 0 Å². The second-order valence-corrected chi connectivity index (χ2v) is 4.54. The lowest BCUT2D eigenvalue weighted by Gasteiger charge is -2.07. The third-order valence-corrected chi connectivity index (χ3v) is 2.93. The molecule has 0 fully saturated rings. The van der Waals surface area contributed by atoms with Crippen LogP contribution < -0.4 is 0 Å². The zero-order valence-electron chi connectivity index (χ0n) is 8.95. The molecule has 0 spiro atoms. The molecule has 0 saturated carbocycles. The molecule has 0 aliphatic heterocycles. The highest BCUT2D eigenvalue weighted by Gasteiger charge is 2.13. The summed E-state index contributed by atoms with van der Waals surface area (Å²) in [6.45, 7) is 0. The van der Waals surface area contributed by atoms with Crippen LogP contribution in [0, 0.1) is 11.6 Å². The summed E-state index contributed by atoms with van der Waals surface area (Å²) in [5, 5.41) is 8.85. The lowest BCUT2D eigenvalue weighted by atomic mass is 10.0. The van der Waals surface area contributed by atoms with Gasteiger partial charge in [-0.1, -0.05) is 15.9 Å². The number of carbonyl (C=O) groups is 1. The quantitative estimate of drug-likeness (QED) is 0.906. The SMILES string of the molecule is O=C(O)c1ccc(F)c(-c2cc(Br)ccc2F)c1. The van der Waals surface area contributed by atoms with Gasteiger partial charge in [-0.05, 0) is 36.4 Å². The summed E-state index contributed by atoms with van der Waals surface area (Å²) in [6.07, 6.45) is 0. The number of benzene rings is 2. The average Bonchev–Trinajstić information content (AvgIpc) is 2.33. The standard InChI is InChI=1S/C13H7BrF2O2/c14-8-2-4-12(16)10(6-8)9-5-7(13(17)18)1-3-11(9)15/h1-6H,(H,17,18). The van der Waals surface area contributed by atoms with Crippen molar-refractivity contribution < 1.29 is 18.7 Å². The van der Waals surface area contributed by atoms with Crippen LogP contribution in [0.1, 0.15) is 10.4 Å². The zero-order chi connectivity index (χ0) is 13.3.